The Kier molecular flexibility index (Phi) is 10.9. The second-order valence-corrected chi connectivity index (χ2v) is 5.76. The molecule has 0 unspecified atom stereocenters. The first-order valence-corrected chi connectivity index (χ1v) is 8.64. The van der Waals surface area contributed by atoms with E-state index in [4.69, 9.17) is 4.74 Å². The Morgan fingerprint density at radius 3 is 2.14 bits per heavy atom. The third kappa shape index (κ3) is 9.49. The molecule has 0 spiro atoms. The Balaban J connectivity index is 2.07. The lowest BCUT2D eigenvalue weighted by Gasteiger charge is -2.07. The Bertz CT molecular complexity index is 334. The fourth-order valence-corrected chi connectivity index (χ4v) is 2.43. The van der Waals surface area contributed by atoms with Crippen LogP contribution in [0.5, 0.6) is 5.75 Å². The van der Waals surface area contributed by atoms with Gasteiger partial charge in [-0.1, -0.05) is 57.6 Å². The number of hydrogen-bond donors (Lipinski definition) is 0. The van der Waals surface area contributed by atoms with Crippen LogP contribution in [0.1, 0.15) is 70.3 Å². The van der Waals surface area contributed by atoms with Crippen LogP contribution in [0.25, 0.3) is 0 Å². The van der Waals surface area contributed by atoms with Gasteiger partial charge in [0.05, 0.1) is 13.3 Å². The van der Waals surface area contributed by atoms with Gasteiger partial charge < -0.3 is 4.74 Å². The van der Waals surface area contributed by atoms with Crippen molar-refractivity contribution in [2.75, 3.05) is 13.3 Å². The van der Waals surface area contributed by atoms with Crippen LogP contribution < -0.4 is 4.74 Å². The molecule has 0 aromatic heterocycles. The maximum Gasteiger partial charge on any atom is 0.119 e. The first-order valence-electron chi connectivity index (χ1n) is 8.64. The molecule has 0 heterocycles. The molecule has 0 saturated carbocycles. The lowest BCUT2D eigenvalue weighted by Crippen LogP contribution is -1.97. The molecular formula is C19H31FO. The van der Waals surface area contributed by atoms with Gasteiger partial charge in [-0.15, -0.1) is 0 Å². The summed E-state index contributed by atoms with van der Waals surface area (Å²) >= 11 is 0. The molecule has 1 rings (SSSR count). The van der Waals surface area contributed by atoms with Crippen LogP contribution in [-0.2, 0) is 6.42 Å². The number of halogens is 1. The van der Waals surface area contributed by atoms with Gasteiger partial charge in [0.25, 0.3) is 0 Å². The van der Waals surface area contributed by atoms with Gasteiger partial charge in [-0.05, 0) is 43.4 Å². The molecule has 0 aliphatic heterocycles. The summed E-state index contributed by atoms with van der Waals surface area (Å²) in [5.41, 5.74) is 1.39. The Labute approximate surface area is 129 Å². The molecule has 0 aliphatic carbocycles. The smallest absolute Gasteiger partial charge is 0.119 e. The third-order valence-electron chi connectivity index (χ3n) is 3.79. The number of aryl methyl sites for hydroxylation is 1. The van der Waals surface area contributed by atoms with E-state index < -0.39 is 0 Å². The number of hydrogen-bond acceptors (Lipinski definition) is 1. The molecule has 21 heavy (non-hydrogen) atoms. The second-order valence-electron chi connectivity index (χ2n) is 5.76. The summed E-state index contributed by atoms with van der Waals surface area (Å²) in [7, 11) is 0. The summed E-state index contributed by atoms with van der Waals surface area (Å²) < 4.78 is 17.5. The Morgan fingerprint density at radius 2 is 1.48 bits per heavy atom. The minimum absolute atomic E-state index is 0.249. The fourth-order valence-electron chi connectivity index (χ4n) is 2.43. The summed E-state index contributed by atoms with van der Waals surface area (Å²) in [6.07, 6.45) is 12.0. The number of rotatable bonds is 13. The van der Waals surface area contributed by atoms with Crippen molar-refractivity contribution in [2.24, 2.45) is 0 Å². The molecule has 0 bridgehead atoms. The molecular weight excluding hydrogens is 263 g/mol. The van der Waals surface area contributed by atoms with E-state index in [2.05, 4.69) is 19.1 Å². The maximum atomic E-state index is 12.0. The summed E-state index contributed by atoms with van der Waals surface area (Å²) in [5.74, 6) is 0.900. The number of ether oxygens (including phenoxy) is 1. The van der Waals surface area contributed by atoms with Gasteiger partial charge >= 0.3 is 0 Å². The van der Waals surface area contributed by atoms with E-state index in [1.807, 2.05) is 12.1 Å². The van der Waals surface area contributed by atoms with Gasteiger partial charge in [-0.2, -0.15) is 0 Å². The monoisotopic (exact) mass is 294 g/mol. The van der Waals surface area contributed by atoms with Crippen molar-refractivity contribution < 1.29 is 9.13 Å². The summed E-state index contributed by atoms with van der Waals surface area (Å²) in [6.45, 7) is 2.62. The quantitative estimate of drug-likeness (QED) is 0.399. The van der Waals surface area contributed by atoms with Crippen LogP contribution >= 0.6 is 0 Å². The molecule has 1 aromatic carbocycles. The fraction of sp³-hybridized carbons (Fsp3) is 0.684. The molecule has 2 heteroatoms. The minimum Gasteiger partial charge on any atom is -0.494 e. The molecule has 0 atom stereocenters. The van der Waals surface area contributed by atoms with Crippen molar-refractivity contribution in [3.63, 3.8) is 0 Å². The zero-order chi connectivity index (χ0) is 15.2. The molecule has 0 amide bonds. The number of alkyl halides is 1. The molecule has 0 N–H and O–H groups in total. The van der Waals surface area contributed by atoms with Gasteiger partial charge in [0, 0.05) is 0 Å². The molecule has 0 radical (unpaired) electrons. The lowest BCUT2D eigenvalue weighted by atomic mass is 10.0. The largest absolute Gasteiger partial charge is 0.494 e. The van der Waals surface area contributed by atoms with Gasteiger partial charge in [-0.25, -0.2) is 0 Å². The molecule has 120 valence electrons. The predicted octanol–water partition coefficient (Wildman–Crippen LogP) is 6.11. The van der Waals surface area contributed by atoms with E-state index >= 15 is 0 Å². The number of benzene rings is 1. The highest BCUT2D eigenvalue weighted by Crippen LogP contribution is 2.15. The average Bonchev–Trinajstić information content (AvgIpc) is 2.52. The van der Waals surface area contributed by atoms with Crippen LogP contribution in [0.4, 0.5) is 4.39 Å². The number of unbranched alkanes of at least 4 members (excludes halogenated alkanes) is 7. The van der Waals surface area contributed by atoms with Crippen LogP contribution in [0.15, 0.2) is 24.3 Å². The van der Waals surface area contributed by atoms with E-state index in [0.29, 0.717) is 13.0 Å². The van der Waals surface area contributed by atoms with E-state index in [9.17, 15) is 4.39 Å². The Morgan fingerprint density at radius 1 is 0.810 bits per heavy atom. The van der Waals surface area contributed by atoms with Gasteiger partial charge in [-0.3, -0.25) is 4.39 Å². The maximum absolute atomic E-state index is 12.0. The Hall–Kier alpha value is -1.05. The van der Waals surface area contributed by atoms with Crippen molar-refractivity contribution in [2.45, 2.75) is 71.1 Å². The highest BCUT2D eigenvalue weighted by molar-refractivity contribution is 5.27. The molecule has 0 saturated heterocycles. The van der Waals surface area contributed by atoms with Crippen molar-refractivity contribution >= 4 is 0 Å². The van der Waals surface area contributed by atoms with E-state index in [1.54, 1.807) is 0 Å². The van der Waals surface area contributed by atoms with E-state index in [0.717, 1.165) is 18.6 Å². The topological polar surface area (TPSA) is 9.23 Å². The zero-order valence-electron chi connectivity index (χ0n) is 13.6. The van der Waals surface area contributed by atoms with Crippen LogP contribution in [-0.4, -0.2) is 13.3 Å². The van der Waals surface area contributed by atoms with Crippen LogP contribution in [0.3, 0.4) is 0 Å². The van der Waals surface area contributed by atoms with Crippen molar-refractivity contribution in [3.05, 3.63) is 29.8 Å². The zero-order valence-corrected chi connectivity index (χ0v) is 13.6. The standard InChI is InChI=1S/C19H31FO/c1-2-3-4-5-6-7-8-11-18-12-14-19(15-13-18)21-17-10-9-16-20/h12-15H,2-11,16-17H2,1H3. The van der Waals surface area contributed by atoms with Crippen molar-refractivity contribution in [1.82, 2.24) is 0 Å². The molecule has 1 aromatic rings. The predicted molar refractivity (Wildman–Crippen MR) is 88.8 cm³/mol. The van der Waals surface area contributed by atoms with E-state index in [-0.39, 0.29) is 6.67 Å². The van der Waals surface area contributed by atoms with Crippen LogP contribution in [0, 0.1) is 0 Å². The van der Waals surface area contributed by atoms with Crippen LogP contribution in [0.2, 0.25) is 0 Å². The normalized spacial score (nSPS) is 10.8. The van der Waals surface area contributed by atoms with Gasteiger partial charge in [0.2, 0.25) is 0 Å². The van der Waals surface area contributed by atoms with Crippen molar-refractivity contribution in [3.8, 4) is 5.75 Å². The summed E-state index contributed by atoms with van der Waals surface area (Å²) in [5, 5.41) is 0. The van der Waals surface area contributed by atoms with Gasteiger partial charge in [0.1, 0.15) is 5.75 Å². The minimum atomic E-state index is -0.249. The van der Waals surface area contributed by atoms with E-state index in [1.165, 1.54) is 50.5 Å². The first kappa shape index (κ1) is 18.0. The lowest BCUT2D eigenvalue weighted by molar-refractivity contribution is 0.297. The average molecular weight is 294 g/mol. The molecule has 1 nitrogen and oxygen atoms in total. The molecule has 0 fully saturated rings. The second kappa shape index (κ2) is 12.7. The third-order valence-corrected chi connectivity index (χ3v) is 3.79. The highest BCUT2D eigenvalue weighted by atomic mass is 19.1. The SMILES string of the molecule is CCCCCCCCCc1ccc(OCCCCF)cc1. The first-order chi connectivity index (χ1) is 10.4. The summed E-state index contributed by atoms with van der Waals surface area (Å²) in [6, 6.07) is 8.38. The molecule has 0 aliphatic rings. The van der Waals surface area contributed by atoms with Crippen molar-refractivity contribution in [1.29, 1.82) is 0 Å². The summed E-state index contributed by atoms with van der Waals surface area (Å²) in [4.78, 5) is 0. The van der Waals surface area contributed by atoms with Gasteiger partial charge in [0.15, 0.2) is 0 Å². The highest BCUT2D eigenvalue weighted by Gasteiger charge is 1.97.